The van der Waals surface area contributed by atoms with Crippen molar-refractivity contribution in [1.29, 1.82) is 0 Å². The number of Topliss-reactive ketones (excluding diaryl/α,β-unsaturated/α-hetero) is 1. The van der Waals surface area contributed by atoms with Crippen LogP contribution in [0.3, 0.4) is 0 Å². The molecular weight excluding hydrogens is 342 g/mol. The molecule has 136 valence electrons. The molecule has 0 amide bonds. The smallest absolute Gasteiger partial charge is 0.335 e. The van der Waals surface area contributed by atoms with Crippen molar-refractivity contribution in [2.45, 2.75) is 6.42 Å². The van der Waals surface area contributed by atoms with Gasteiger partial charge in [-0.15, -0.1) is 0 Å². The Kier molecular flexibility index (Phi) is 5.84. The average Bonchev–Trinajstić information content (AvgIpc) is 2.68. The maximum atomic E-state index is 12.2. The van der Waals surface area contributed by atoms with Gasteiger partial charge in [0.1, 0.15) is 12.4 Å². The molecule has 3 rings (SSSR count). The summed E-state index contributed by atoms with van der Waals surface area (Å²) in [6.07, 6.45) is 0.128. The Morgan fingerprint density at radius 1 is 0.852 bits per heavy atom. The summed E-state index contributed by atoms with van der Waals surface area (Å²) in [4.78, 5) is 23.2. The van der Waals surface area contributed by atoms with Gasteiger partial charge in [-0.25, -0.2) is 4.79 Å². The lowest BCUT2D eigenvalue weighted by Gasteiger charge is -2.10. The number of benzene rings is 3. The van der Waals surface area contributed by atoms with Crippen LogP contribution in [0.15, 0.2) is 78.9 Å². The Morgan fingerprint density at radius 2 is 1.59 bits per heavy atom. The van der Waals surface area contributed by atoms with Crippen LogP contribution in [0.25, 0.3) is 0 Å². The van der Waals surface area contributed by atoms with E-state index in [0.717, 1.165) is 11.4 Å². The number of carbonyl (C=O) groups is 2. The molecule has 0 aliphatic heterocycles. The Hall–Kier alpha value is -3.60. The zero-order valence-corrected chi connectivity index (χ0v) is 14.6. The highest BCUT2D eigenvalue weighted by atomic mass is 16.5. The van der Waals surface area contributed by atoms with Gasteiger partial charge in [0, 0.05) is 23.9 Å². The van der Waals surface area contributed by atoms with Gasteiger partial charge in [-0.1, -0.05) is 36.4 Å². The number of anilines is 2. The zero-order chi connectivity index (χ0) is 19.1. The monoisotopic (exact) mass is 361 g/mol. The molecule has 0 radical (unpaired) electrons. The highest BCUT2D eigenvalue weighted by molar-refractivity contribution is 5.88. The van der Waals surface area contributed by atoms with Crippen LogP contribution >= 0.6 is 0 Å². The Morgan fingerprint density at radius 3 is 2.37 bits per heavy atom. The number of hydrogen-bond acceptors (Lipinski definition) is 4. The average molecular weight is 361 g/mol. The summed E-state index contributed by atoms with van der Waals surface area (Å²) in [6.45, 7) is -0.0773. The van der Waals surface area contributed by atoms with Crippen molar-refractivity contribution in [3.05, 3.63) is 90.0 Å². The molecule has 27 heavy (non-hydrogen) atoms. The lowest BCUT2D eigenvalue weighted by atomic mass is 10.1. The summed E-state index contributed by atoms with van der Waals surface area (Å²) in [5.74, 6) is -0.550. The van der Waals surface area contributed by atoms with E-state index >= 15 is 0 Å². The first-order valence-corrected chi connectivity index (χ1v) is 8.49. The van der Waals surface area contributed by atoms with Crippen molar-refractivity contribution in [3.63, 3.8) is 0 Å². The number of ether oxygens (including phenoxy) is 1. The SMILES string of the molecule is O=C(COc1cccc(Nc2ccccc2)c1)Cc1cccc(C(=O)O)c1. The maximum absolute atomic E-state index is 12.2. The highest BCUT2D eigenvalue weighted by Gasteiger charge is 2.08. The van der Waals surface area contributed by atoms with E-state index in [1.165, 1.54) is 12.1 Å². The van der Waals surface area contributed by atoms with E-state index in [1.54, 1.807) is 18.2 Å². The van der Waals surface area contributed by atoms with Crippen LogP contribution in [0.1, 0.15) is 15.9 Å². The molecule has 0 unspecified atom stereocenters. The van der Waals surface area contributed by atoms with Crippen LogP contribution in [-0.2, 0) is 11.2 Å². The number of carboxylic acids is 1. The van der Waals surface area contributed by atoms with Gasteiger partial charge in [-0.2, -0.15) is 0 Å². The van der Waals surface area contributed by atoms with Gasteiger partial charge in [-0.3, -0.25) is 4.79 Å². The summed E-state index contributed by atoms with van der Waals surface area (Å²) in [6, 6.07) is 23.5. The molecule has 5 heteroatoms. The number of rotatable bonds is 8. The molecule has 0 heterocycles. The second kappa shape index (κ2) is 8.67. The lowest BCUT2D eigenvalue weighted by molar-refractivity contribution is -0.120. The van der Waals surface area contributed by atoms with E-state index in [2.05, 4.69) is 5.32 Å². The molecule has 0 aliphatic rings. The molecule has 0 aromatic heterocycles. The minimum absolute atomic E-state index is 0.0773. The van der Waals surface area contributed by atoms with Crippen LogP contribution in [-0.4, -0.2) is 23.5 Å². The fraction of sp³-hybridized carbons (Fsp3) is 0.0909. The van der Waals surface area contributed by atoms with Crippen LogP contribution in [0.4, 0.5) is 11.4 Å². The van der Waals surface area contributed by atoms with Gasteiger partial charge in [0.25, 0.3) is 0 Å². The van der Waals surface area contributed by atoms with Crippen molar-refractivity contribution >= 4 is 23.1 Å². The van der Waals surface area contributed by atoms with Crippen LogP contribution in [0, 0.1) is 0 Å². The largest absolute Gasteiger partial charge is 0.486 e. The summed E-state index contributed by atoms with van der Waals surface area (Å²) in [7, 11) is 0. The van der Waals surface area contributed by atoms with Crippen LogP contribution < -0.4 is 10.1 Å². The van der Waals surface area contributed by atoms with Crippen molar-refractivity contribution < 1.29 is 19.4 Å². The summed E-state index contributed by atoms with van der Waals surface area (Å²) < 4.78 is 5.59. The molecule has 3 aromatic carbocycles. The van der Waals surface area contributed by atoms with E-state index in [-0.39, 0.29) is 24.4 Å². The fourth-order valence-electron chi connectivity index (χ4n) is 2.61. The third-order valence-electron chi connectivity index (χ3n) is 3.87. The number of nitrogens with one attached hydrogen (secondary N) is 1. The number of carbonyl (C=O) groups excluding carboxylic acids is 1. The highest BCUT2D eigenvalue weighted by Crippen LogP contribution is 2.21. The van der Waals surface area contributed by atoms with Gasteiger partial charge >= 0.3 is 5.97 Å². The minimum Gasteiger partial charge on any atom is -0.486 e. The number of para-hydroxylation sites is 1. The molecule has 0 bridgehead atoms. The molecule has 3 aromatic rings. The quantitative estimate of drug-likeness (QED) is 0.625. The Balaban J connectivity index is 1.56. The number of ketones is 1. The molecule has 0 atom stereocenters. The first-order chi connectivity index (χ1) is 13.1. The molecule has 0 aliphatic carbocycles. The van der Waals surface area contributed by atoms with Crippen LogP contribution in [0.5, 0.6) is 5.75 Å². The first-order valence-electron chi connectivity index (χ1n) is 8.49. The van der Waals surface area contributed by atoms with Gasteiger partial charge < -0.3 is 15.2 Å². The maximum Gasteiger partial charge on any atom is 0.335 e. The molecule has 0 spiro atoms. The molecule has 0 fully saturated rings. The third kappa shape index (κ3) is 5.44. The molecule has 0 saturated heterocycles. The number of hydrogen-bond donors (Lipinski definition) is 2. The Bertz CT molecular complexity index is 938. The lowest BCUT2D eigenvalue weighted by Crippen LogP contribution is -2.14. The number of carboxylic acid groups (broad SMARTS) is 1. The van der Waals surface area contributed by atoms with Crippen molar-refractivity contribution in [2.75, 3.05) is 11.9 Å². The van der Waals surface area contributed by atoms with E-state index in [0.29, 0.717) is 11.3 Å². The topological polar surface area (TPSA) is 75.6 Å². The van der Waals surface area contributed by atoms with E-state index in [1.807, 2.05) is 48.5 Å². The van der Waals surface area contributed by atoms with E-state index in [4.69, 9.17) is 9.84 Å². The summed E-state index contributed by atoms with van der Waals surface area (Å²) in [5.41, 5.74) is 2.65. The predicted octanol–water partition coefficient (Wildman–Crippen LogP) is 4.32. The Labute approximate surface area is 157 Å². The van der Waals surface area contributed by atoms with E-state index < -0.39 is 5.97 Å². The van der Waals surface area contributed by atoms with Gasteiger partial charge in [0.05, 0.1) is 5.56 Å². The van der Waals surface area contributed by atoms with Gasteiger partial charge in [-0.05, 0) is 42.0 Å². The van der Waals surface area contributed by atoms with Gasteiger partial charge in [0.2, 0.25) is 0 Å². The van der Waals surface area contributed by atoms with Crippen molar-refractivity contribution in [2.24, 2.45) is 0 Å². The standard InChI is InChI=1S/C22H19NO4/c24-20(13-16-6-4-7-17(12-16)22(25)26)15-27-21-11-5-10-19(14-21)23-18-8-2-1-3-9-18/h1-12,14,23H,13,15H2,(H,25,26). The summed E-state index contributed by atoms with van der Waals surface area (Å²) in [5, 5.41) is 12.3. The second-order valence-corrected chi connectivity index (χ2v) is 6.03. The summed E-state index contributed by atoms with van der Waals surface area (Å²) >= 11 is 0. The predicted molar refractivity (Wildman–Crippen MR) is 104 cm³/mol. The second-order valence-electron chi connectivity index (χ2n) is 6.03. The van der Waals surface area contributed by atoms with Crippen LogP contribution in [0.2, 0.25) is 0 Å². The number of aromatic carboxylic acids is 1. The fourth-order valence-corrected chi connectivity index (χ4v) is 2.61. The first kappa shape index (κ1) is 18.2. The van der Waals surface area contributed by atoms with Gasteiger partial charge in [0.15, 0.2) is 5.78 Å². The molecule has 0 saturated carbocycles. The van der Waals surface area contributed by atoms with E-state index in [9.17, 15) is 9.59 Å². The normalized spacial score (nSPS) is 10.2. The minimum atomic E-state index is -1.01. The molecule has 2 N–H and O–H groups in total. The van der Waals surface area contributed by atoms with Crippen molar-refractivity contribution in [1.82, 2.24) is 0 Å². The third-order valence-corrected chi connectivity index (χ3v) is 3.87. The zero-order valence-electron chi connectivity index (χ0n) is 14.6. The van der Waals surface area contributed by atoms with Crippen molar-refractivity contribution in [3.8, 4) is 5.75 Å². The molecular formula is C22H19NO4. The molecule has 5 nitrogen and oxygen atoms in total.